The summed E-state index contributed by atoms with van der Waals surface area (Å²) in [5, 5.41) is 2.94. The van der Waals surface area contributed by atoms with E-state index in [2.05, 4.69) is 5.32 Å². The number of carbonyl (C=O) groups excluding carboxylic acids is 1. The van der Waals surface area contributed by atoms with Gasteiger partial charge in [0.05, 0.1) is 23.3 Å². The number of hydrogen-bond donors (Lipinski definition) is 1. The van der Waals surface area contributed by atoms with Crippen molar-refractivity contribution in [3.8, 4) is 0 Å². The summed E-state index contributed by atoms with van der Waals surface area (Å²) in [6.07, 6.45) is -12.2. The fourth-order valence-electron chi connectivity index (χ4n) is 5.08. The van der Waals surface area contributed by atoms with Gasteiger partial charge in [0.15, 0.2) is 0 Å². The van der Waals surface area contributed by atoms with Crippen LogP contribution in [0.2, 0.25) is 0 Å². The number of ether oxygens (including phenoxy) is 1. The number of alkyl halides is 9. The van der Waals surface area contributed by atoms with Crippen LogP contribution in [0, 0.1) is 5.92 Å². The van der Waals surface area contributed by atoms with Gasteiger partial charge in [0.1, 0.15) is 0 Å². The monoisotopic (exact) mass is 568 g/mol. The maximum absolute atomic E-state index is 13.6. The van der Waals surface area contributed by atoms with Crippen molar-refractivity contribution in [2.24, 2.45) is 5.92 Å². The normalized spacial score (nSPS) is 20.1. The Balaban J connectivity index is 1.67. The van der Waals surface area contributed by atoms with Gasteiger partial charge in [0.2, 0.25) is 0 Å². The minimum atomic E-state index is -5.01. The zero-order valence-corrected chi connectivity index (χ0v) is 20.4. The lowest BCUT2D eigenvalue weighted by Gasteiger charge is -2.43. The number of carbonyl (C=O) groups is 1. The fourth-order valence-corrected chi connectivity index (χ4v) is 5.08. The highest BCUT2D eigenvalue weighted by molar-refractivity contribution is 5.60. The number of anilines is 1. The van der Waals surface area contributed by atoms with Crippen LogP contribution in [0.5, 0.6) is 0 Å². The van der Waals surface area contributed by atoms with Crippen molar-refractivity contribution in [2.75, 3.05) is 18.1 Å². The van der Waals surface area contributed by atoms with Crippen molar-refractivity contribution in [3.05, 3.63) is 64.2 Å². The first-order chi connectivity index (χ1) is 18.2. The molecule has 1 aliphatic carbocycles. The molecule has 1 heterocycles. The highest BCUT2D eigenvalue weighted by atomic mass is 19.4. The van der Waals surface area contributed by atoms with Crippen LogP contribution in [-0.4, -0.2) is 25.7 Å². The Morgan fingerprint density at radius 3 is 2.03 bits per heavy atom. The van der Waals surface area contributed by atoms with Crippen molar-refractivity contribution in [1.82, 2.24) is 5.32 Å². The fraction of sp³-hybridized carbons (Fsp3) is 0.500. The summed E-state index contributed by atoms with van der Waals surface area (Å²) >= 11 is 0. The Labute approximate surface area is 218 Å². The van der Waals surface area contributed by atoms with Gasteiger partial charge >= 0.3 is 18.5 Å². The average molecular weight is 568 g/mol. The molecule has 4 nitrogen and oxygen atoms in total. The lowest BCUT2D eigenvalue weighted by Crippen LogP contribution is -2.45. The van der Waals surface area contributed by atoms with Crippen molar-refractivity contribution in [3.63, 3.8) is 0 Å². The maximum Gasteiger partial charge on any atom is 0.416 e. The summed E-state index contributed by atoms with van der Waals surface area (Å²) < 4.78 is 125. The molecular weight excluding hydrogens is 543 g/mol. The molecule has 2 atom stereocenters. The van der Waals surface area contributed by atoms with E-state index in [9.17, 15) is 44.3 Å². The number of halogens is 9. The summed E-state index contributed by atoms with van der Waals surface area (Å²) in [7, 11) is 0. The molecule has 1 saturated carbocycles. The van der Waals surface area contributed by atoms with E-state index >= 15 is 0 Å². The summed E-state index contributed by atoms with van der Waals surface area (Å²) in [6, 6.07) is 3.64. The largest absolute Gasteiger partial charge is 0.468 e. The van der Waals surface area contributed by atoms with Gasteiger partial charge < -0.3 is 15.0 Å². The molecule has 1 aliphatic heterocycles. The van der Waals surface area contributed by atoms with Crippen LogP contribution in [-0.2, 0) is 34.6 Å². The standard InChI is InChI=1S/C26H25F9N2O2/c27-24(28,29)17-4-5-22-20(11-17)21(12-23(16-2-3-16)37(22)6-1-7-39-14-38)36-13-15-8-18(25(30,31)32)10-19(9-15)26(33,34)35/h4-5,8-11,14,16,21,23,36H,1-3,6-7,12-13H2. The molecule has 0 aromatic heterocycles. The molecule has 4 rings (SSSR count). The van der Waals surface area contributed by atoms with Crippen LogP contribution in [0.1, 0.15) is 59.5 Å². The molecule has 0 radical (unpaired) electrons. The molecule has 2 unspecified atom stereocenters. The van der Waals surface area contributed by atoms with Gasteiger partial charge in [0.25, 0.3) is 6.47 Å². The maximum atomic E-state index is 13.6. The minimum Gasteiger partial charge on any atom is -0.468 e. The van der Waals surface area contributed by atoms with Crippen molar-refractivity contribution >= 4 is 12.2 Å². The van der Waals surface area contributed by atoms with Gasteiger partial charge in [-0.15, -0.1) is 0 Å². The summed E-state index contributed by atoms with van der Waals surface area (Å²) in [4.78, 5) is 12.4. The lowest BCUT2D eigenvalue weighted by atomic mass is 9.87. The second-order valence-corrected chi connectivity index (χ2v) is 9.77. The second kappa shape index (κ2) is 10.9. The van der Waals surface area contributed by atoms with Crippen molar-refractivity contribution in [1.29, 1.82) is 0 Å². The molecule has 2 aromatic rings. The molecule has 0 bridgehead atoms. The number of nitrogens with zero attached hydrogens (tertiary/aromatic N) is 1. The molecular formula is C26H25F9N2O2. The first kappa shape index (κ1) is 29.0. The molecule has 0 saturated heterocycles. The van der Waals surface area contributed by atoms with Gasteiger partial charge in [-0.1, -0.05) is 0 Å². The van der Waals surface area contributed by atoms with E-state index in [4.69, 9.17) is 4.74 Å². The third-order valence-corrected chi connectivity index (χ3v) is 7.01. The Morgan fingerprint density at radius 2 is 1.49 bits per heavy atom. The van der Waals surface area contributed by atoms with Crippen molar-refractivity contribution < 1.29 is 49.0 Å². The van der Waals surface area contributed by atoms with Crippen LogP contribution in [0.15, 0.2) is 36.4 Å². The third-order valence-electron chi connectivity index (χ3n) is 7.01. The summed E-state index contributed by atoms with van der Waals surface area (Å²) in [5.41, 5.74) is -3.38. The lowest BCUT2D eigenvalue weighted by molar-refractivity contribution is -0.143. The molecule has 1 N–H and O–H groups in total. The predicted molar refractivity (Wildman–Crippen MR) is 123 cm³/mol. The highest BCUT2D eigenvalue weighted by Crippen LogP contribution is 2.47. The first-order valence-electron chi connectivity index (χ1n) is 12.2. The van der Waals surface area contributed by atoms with Gasteiger partial charge in [-0.3, -0.25) is 4.79 Å². The first-order valence-corrected chi connectivity index (χ1v) is 12.2. The number of hydrogen-bond acceptors (Lipinski definition) is 4. The predicted octanol–water partition coefficient (Wildman–Crippen LogP) is 7.13. The van der Waals surface area contributed by atoms with Gasteiger partial charge in [-0.2, -0.15) is 39.5 Å². The molecule has 0 spiro atoms. The smallest absolute Gasteiger partial charge is 0.416 e. The van der Waals surface area contributed by atoms with E-state index in [0.29, 0.717) is 43.7 Å². The molecule has 2 aromatic carbocycles. The van der Waals surface area contributed by atoms with Gasteiger partial charge in [0, 0.05) is 30.9 Å². The highest BCUT2D eigenvalue weighted by Gasteiger charge is 2.43. The number of rotatable bonds is 9. The SMILES string of the molecule is O=COCCCN1c2ccc(C(F)(F)F)cc2C(NCc2cc(C(F)(F)F)cc(C(F)(F)F)c2)CC1C1CC1. The van der Waals surface area contributed by atoms with Crippen LogP contribution in [0.25, 0.3) is 0 Å². The summed E-state index contributed by atoms with van der Waals surface area (Å²) in [5.74, 6) is 0.238. The van der Waals surface area contributed by atoms with Crippen LogP contribution in [0.4, 0.5) is 45.2 Å². The van der Waals surface area contributed by atoms with Crippen LogP contribution >= 0.6 is 0 Å². The van der Waals surface area contributed by atoms with E-state index in [-0.39, 0.29) is 35.8 Å². The summed E-state index contributed by atoms with van der Waals surface area (Å²) in [6.45, 7) is 0.392. The molecule has 0 amide bonds. The number of fused-ring (bicyclic) bond motifs is 1. The topological polar surface area (TPSA) is 41.6 Å². The van der Waals surface area contributed by atoms with Gasteiger partial charge in [-0.25, -0.2) is 0 Å². The van der Waals surface area contributed by atoms with E-state index in [0.717, 1.165) is 25.0 Å². The Bertz CT molecular complexity index is 1140. The van der Waals surface area contributed by atoms with Crippen LogP contribution < -0.4 is 10.2 Å². The third kappa shape index (κ3) is 6.98. The second-order valence-electron chi connectivity index (χ2n) is 9.77. The van der Waals surface area contributed by atoms with E-state index < -0.39 is 47.8 Å². The Kier molecular flexibility index (Phi) is 8.11. The van der Waals surface area contributed by atoms with E-state index in [1.54, 1.807) is 0 Å². The Hall–Kier alpha value is -2.96. The minimum absolute atomic E-state index is 0.0321. The molecule has 214 valence electrons. The molecule has 1 fully saturated rings. The van der Waals surface area contributed by atoms with Gasteiger partial charge in [-0.05, 0) is 79.1 Å². The van der Waals surface area contributed by atoms with Crippen LogP contribution in [0.3, 0.4) is 0 Å². The van der Waals surface area contributed by atoms with E-state index in [1.807, 2.05) is 4.90 Å². The molecule has 39 heavy (non-hydrogen) atoms. The van der Waals surface area contributed by atoms with E-state index in [1.165, 1.54) is 6.07 Å². The average Bonchev–Trinajstić information content (AvgIpc) is 3.69. The number of benzene rings is 2. The van der Waals surface area contributed by atoms with Crippen molar-refractivity contribution in [2.45, 2.75) is 62.8 Å². The zero-order valence-electron chi connectivity index (χ0n) is 20.4. The zero-order chi connectivity index (χ0) is 28.6. The quantitative estimate of drug-likeness (QED) is 0.199. The molecule has 13 heteroatoms. The Morgan fingerprint density at radius 1 is 0.872 bits per heavy atom. The molecule has 2 aliphatic rings. The number of nitrogens with one attached hydrogen (secondary N) is 1.